The number of aromatic nitrogens is 3. The maximum atomic E-state index is 13.0. The quantitative estimate of drug-likeness (QED) is 0.717. The molecular weight excluding hydrogens is 312 g/mol. The maximum Gasteiger partial charge on any atom is 0.242 e. The third-order valence-corrected chi connectivity index (χ3v) is 4.64. The van der Waals surface area contributed by atoms with Crippen LogP contribution in [0, 0.1) is 6.92 Å². The van der Waals surface area contributed by atoms with Gasteiger partial charge in [0.05, 0.1) is 11.1 Å². The van der Waals surface area contributed by atoms with E-state index in [2.05, 4.69) is 15.0 Å². The molecule has 0 bridgehead atoms. The predicted octanol–water partition coefficient (Wildman–Crippen LogP) is 3.80. The number of hydrogen-bond donors (Lipinski definition) is 0. The molecule has 25 heavy (non-hydrogen) atoms. The second-order valence-electron chi connectivity index (χ2n) is 6.70. The number of benzene rings is 1. The standard InChI is InChI=1S/C20H18N4O/c1-13-22-11-15(12-23-13)14-7-8-16-17(10-14)24(19(25)20(16,2)3)18-6-4-5-9-21-18/h4-12H,1-3H3. The van der Waals surface area contributed by atoms with Gasteiger partial charge in [0.1, 0.15) is 11.6 Å². The Morgan fingerprint density at radius 1 is 0.960 bits per heavy atom. The number of pyridine rings is 1. The Hall–Kier alpha value is -3.08. The molecule has 2 aromatic heterocycles. The van der Waals surface area contributed by atoms with Crippen LogP contribution >= 0.6 is 0 Å². The second-order valence-corrected chi connectivity index (χ2v) is 6.70. The molecule has 4 rings (SSSR count). The van der Waals surface area contributed by atoms with Crippen molar-refractivity contribution in [3.8, 4) is 11.1 Å². The molecule has 0 unspecified atom stereocenters. The van der Waals surface area contributed by atoms with Crippen molar-refractivity contribution < 1.29 is 4.79 Å². The van der Waals surface area contributed by atoms with E-state index in [0.29, 0.717) is 5.82 Å². The summed E-state index contributed by atoms with van der Waals surface area (Å²) >= 11 is 0. The highest BCUT2D eigenvalue weighted by molar-refractivity contribution is 6.12. The molecule has 0 fully saturated rings. The van der Waals surface area contributed by atoms with Crippen LogP contribution in [0.25, 0.3) is 11.1 Å². The molecule has 1 aromatic carbocycles. The zero-order valence-corrected chi connectivity index (χ0v) is 14.4. The van der Waals surface area contributed by atoms with Gasteiger partial charge in [-0.1, -0.05) is 18.2 Å². The van der Waals surface area contributed by atoms with Crippen molar-refractivity contribution in [2.45, 2.75) is 26.2 Å². The average molecular weight is 330 g/mol. The summed E-state index contributed by atoms with van der Waals surface area (Å²) in [4.78, 5) is 27.6. The predicted molar refractivity (Wildman–Crippen MR) is 96.6 cm³/mol. The van der Waals surface area contributed by atoms with Crippen LogP contribution in [0.3, 0.4) is 0 Å². The van der Waals surface area contributed by atoms with Gasteiger partial charge < -0.3 is 0 Å². The molecule has 0 atom stereocenters. The number of nitrogens with zero attached hydrogens (tertiary/aromatic N) is 4. The van der Waals surface area contributed by atoms with Crippen molar-refractivity contribution in [3.05, 3.63) is 66.4 Å². The van der Waals surface area contributed by atoms with E-state index in [1.807, 2.05) is 57.2 Å². The third kappa shape index (κ3) is 2.39. The lowest BCUT2D eigenvalue weighted by molar-refractivity contribution is -0.121. The molecule has 3 heterocycles. The molecular formula is C20H18N4O. The first-order chi connectivity index (χ1) is 12.0. The molecule has 5 heteroatoms. The van der Waals surface area contributed by atoms with Gasteiger partial charge in [-0.05, 0) is 50.1 Å². The van der Waals surface area contributed by atoms with E-state index in [1.54, 1.807) is 23.5 Å². The number of aryl methyl sites for hydroxylation is 1. The average Bonchev–Trinajstić information content (AvgIpc) is 2.82. The van der Waals surface area contributed by atoms with Gasteiger partial charge in [0.25, 0.3) is 0 Å². The van der Waals surface area contributed by atoms with Crippen LogP contribution in [0.2, 0.25) is 0 Å². The van der Waals surface area contributed by atoms with Crippen LogP contribution in [0.4, 0.5) is 11.5 Å². The Morgan fingerprint density at radius 2 is 1.72 bits per heavy atom. The first-order valence-corrected chi connectivity index (χ1v) is 8.17. The summed E-state index contributed by atoms with van der Waals surface area (Å²) in [5, 5.41) is 0. The number of carbonyl (C=O) groups is 1. The van der Waals surface area contributed by atoms with Crippen LogP contribution in [0.5, 0.6) is 0 Å². The van der Waals surface area contributed by atoms with Gasteiger partial charge in [0.15, 0.2) is 0 Å². The Kier molecular flexibility index (Phi) is 3.39. The van der Waals surface area contributed by atoms with Crippen molar-refractivity contribution in [1.82, 2.24) is 15.0 Å². The molecule has 5 nitrogen and oxygen atoms in total. The summed E-state index contributed by atoms with van der Waals surface area (Å²) in [6.45, 7) is 5.76. The lowest BCUT2D eigenvalue weighted by atomic mass is 9.85. The highest BCUT2D eigenvalue weighted by Crippen LogP contribution is 2.46. The lowest BCUT2D eigenvalue weighted by Crippen LogP contribution is -2.33. The zero-order chi connectivity index (χ0) is 17.6. The number of fused-ring (bicyclic) bond motifs is 1. The fourth-order valence-electron chi connectivity index (χ4n) is 3.18. The van der Waals surface area contributed by atoms with Gasteiger partial charge >= 0.3 is 0 Å². The van der Waals surface area contributed by atoms with Crippen molar-refractivity contribution in [3.63, 3.8) is 0 Å². The SMILES string of the molecule is Cc1ncc(-c2ccc3c(c2)N(c2ccccn2)C(=O)C3(C)C)cn1. The fourth-order valence-corrected chi connectivity index (χ4v) is 3.18. The largest absolute Gasteiger partial charge is 0.273 e. The maximum absolute atomic E-state index is 13.0. The van der Waals surface area contributed by atoms with E-state index in [1.165, 1.54) is 0 Å². The topological polar surface area (TPSA) is 59.0 Å². The number of anilines is 2. The molecule has 0 N–H and O–H groups in total. The number of rotatable bonds is 2. The molecule has 0 saturated carbocycles. The van der Waals surface area contributed by atoms with E-state index < -0.39 is 5.41 Å². The van der Waals surface area contributed by atoms with Crippen molar-refractivity contribution >= 4 is 17.4 Å². The Balaban J connectivity index is 1.88. The summed E-state index contributed by atoms with van der Waals surface area (Å²) in [5.41, 5.74) is 3.18. The molecule has 124 valence electrons. The van der Waals surface area contributed by atoms with Gasteiger partial charge in [-0.25, -0.2) is 15.0 Å². The molecule has 0 spiro atoms. The van der Waals surface area contributed by atoms with Crippen molar-refractivity contribution in [2.24, 2.45) is 0 Å². The van der Waals surface area contributed by atoms with E-state index in [-0.39, 0.29) is 5.91 Å². The van der Waals surface area contributed by atoms with Crippen molar-refractivity contribution in [1.29, 1.82) is 0 Å². The molecule has 1 amide bonds. The van der Waals surface area contributed by atoms with E-state index in [9.17, 15) is 4.79 Å². The summed E-state index contributed by atoms with van der Waals surface area (Å²) in [6, 6.07) is 11.6. The first-order valence-electron chi connectivity index (χ1n) is 8.17. The summed E-state index contributed by atoms with van der Waals surface area (Å²) in [7, 11) is 0. The second kappa shape index (κ2) is 5.48. The highest BCUT2D eigenvalue weighted by Gasteiger charge is 2.45. The van der Waals surface area contributed by atoms with Crippen LogP contribution in [0.15, 0.2) is 55.0 Å². The molecule has 3 aromatic rings. The summed E-state index contributed by atoms with van der Waals surface area (Å²) in [6.07, 6.45) is 5.30. The fraction of sp³-hybridized carbons (Fsp3) is 0.200. The van der Waals surface area contributed by atoms with Crippen LogP contribution in [-0.2, 0) is 10.2 Å². The first kappa shape index (κ1) is 15.4. The molecule has 0 radical (unpaired) electrons. The molecule has 1 aliphatic heterocycles. The van der Waals surface area contributed by atoms with E-state index >= 15 is 0 Å². The lowest BCUT2D eigenvalue weighted by Gasteiger charge is -2.19. The molecule has 0 saturated heterocycles. The van der Waals surface area contributed by atoms with Gasteiger partial charge in [-0.2, -0.15) is 0 Å². The Bertz CT molecular complexity index is 949. The molecule has 0 aliphatic carbocycles. The molecule has 1 aliphatic rings. The zero-order valence-electron chi connectivity index (χ0n) is 14.4. The number of carbonyl (C=O) groups excluding carboxylic acids is 1. The van der Waals surface area contributed by atoms with Crippen LogP contribution < -0.4 is 4.90 Å². The third-order valence-electron chi connectivity index (χ3n) is 4.64. The van der Waals surface area contributed by atoms with Gasteiger partial charge in [-0.3, -0.25) is 9.69 Å². The highest BCUT2D eigenvalue weighted by atomic mass is 16.2. The van der Waals surface area contributed by atoms with Crippen LogP contribution in [0.1, 0.15) is 25.2 Å². The van der Waals surface area contributed by atoms with Gasteiger partial charge in [-0.15, -0.1) is 0 Å². The summed E-state index contributed by atoms with van der Waals surface area (Å²) in [5.74, 6) is 1.39. The van der Waals surface area contributed by atoms with Gasteiger partial charge in [0.2, 0.25) is 5.91 Å². The minimum absolute atomic E-state index is 0.0264. The Labute approximate surface area is 146 Å². The van der Waals surface area contributed by atoms with Gasteiger partial charge in [0, 0.05) is 24.2 Å². The smallest absolute Gasteiger partial charge is 0.242 e. The number of hydrogen-bond acceptors (Lipinski definition) is 4. The Morgan fingerprint density at radius 3 is 2.40 bits per heavy atom. The van der Waals surface area contributed by atoms with E-state index in [4.69, 9.17) is 0 Å². The number of amides is 1. The minimum atomic E-state index is -0.588. The van der Waals surface area contributed by atoms with Crippen LogP contribution in [-0.4, -0.2) is 20.9 Å². The normalized spacial score (nSPS) is 15.3. The minimum Gasteiger partial charge on any atom is -0.273 e. The monoisotopic (exact) mass is 330 g/mol. The summed E-state index contributed by atoms with van der Waals surface area (Å²) < 4.78 is 0. The van der Waals surface area contributed by atoms with Crippen molar-refractivity contribution in [2.75, 3.05) is 4.90 Å². The van der Waals surface area contributed by atoms with E-state index in [0.717, 1.165) is 28.2 Å².